The number of piperidine rings is 1. The van der Waals surface area contributed by atoms with E-state index in [1.165, 1.54) is 11.1 Å². The average Bonchev–Trinajstić information content (AvgIpc) is 2.90. The summed E-state index contributed by atoms with van der Waals surface area (Å²) in [5, 5.41) is 9.78. The van der Waals surface area contributed by atoms with Gasteiger partial charge in [0.1, 0.15) is 12.1 Å². The predicted octanol–water partition coefficient (Wildman–Crippen LogP) is 5.37. The van der Waals surface area contributed by atoms with E-state index in [0.717, 1.165) is 85.0 Å². The number of aromatic nitrogens is 3. The highest BCUT2D eigenvalue weighted by Gasteiger charge is 2.30. The summed E-state index contributed by atoms with van der Waals surface area (Å²) in [4.78, 5) is 30.1. The number of hydrogen-bond acceptors (Lipinski definition) is 7. The number of fused-ring (bicyclic) bond motifs is 1. The number of carboxylic acids is 1. The van der Waals surface area contributed by atoms with Gasteiger partial charge in [0.2, 0.25) is 5.88 Å². The van der Waals surface area contributed by atoms with E-state index in [9.17, 15) is 9.90 Å². The Labute approximate surface area is 231 Å². The summed E-state index contributed by atoms with van der Waals surface area (Å²) >= 11 is 0. The van der Waals surface area contributed by atoms with Crippen molar-refractivity contribution in [1.82, 2.24) is 15.0 Å². The van der Waals surface area contributed by atoms with Gasteiger partial charge in [-0.1, -0.05) is 32.0 Å². The van der Waals surface area contributed by atoms with Crippen molar-refractivity contribution in [2.24, 2.45) is 5.41 Å². The zero-order valence-electron chi connectivity index (χ0n) is 23.8. The number of pyridine rings is 1. The molecule has 5 rings (SSSR count). The van der Waals surface area contributed by atoms with E-state index < -0.39 is 5.97 Å². The van der Waals surface area contributed by atoms with Gasteiger partial charge in [-0.25, -0.2) is 9.97 Å². The molecule has 39 heavy (non-hydrogen) atoms. The van der Waals surface area contributed by atoms with Gasteiger partial charge in [-0.3, -0.25) is 9.78 Å². The second-order valence-electron chi connectivity index (χ2n) is 11.5. The van der Waals surface area contributed by atoms with Crippen LogP contribution in [0.1, 0.15) is 61.7 Å². The Balaban J connectivity index is 1.51. The van der Waals surface area contributed by atoms with Gasteiger partial charge in [0.05, 0.1) is 18.7 Å². The largest absolute Gasteiger partial charge is 0.481 e. The van der Waals surface area contributed by atoms with Crippen LogP contribution in [0.2, 0.25) is 0 Å². The third-order valence-electron chi connectivity index (χ3n) is 8.17. The topological polar surface area (TPSA) is 91.7 Å². The highest BCUT2D eigenvalue weighted by Crippen LogP contribution is 2.42. The van der Waals surface area contributed by atoms with Crippen molar-refractivity contribution < 1.29 is 14.6 Å². The molecule has 3 aromatic rings. The quantitative estimate of drug-likeness (QED) is 0.437. The van der Waals surface area contributed by atoms with Gasteiger partial charge in [0, 0.05) is 54.8 Å². The van der Waals surface area contributed by atoms with Crippen molar-refractivity contribution in [3.63, 3.8) is 0 Å². The number of ether oxygens (including phenoxy) is 1. The number of aliphatic carboxylic acids is 1. The molecule has 0 spiro atoms. The Morgan fingerprint density at radius 3 is 2.51 bits per heavy atom. The molecule has 1 saturated heterocycles. The van der Waals surface area contributed by atoms with E-state index in [4.69, 9.17) is 9.72 Å². The average molecular weight is 530 g/mol. The van der Waals surface area contributed by atoms with Crippen LogP contribution in [0.15, 0.2) is 30.6 Å². The van der Waals surface area contributed by atoms with Crippen LogP contribution < -0.4 is 14.5 Å². The molecular formula is C31H39N5O3. The highest BCUT2D eigenvalue weighted by atomic mass is 16.5. The van der Waals surface area contributed by atoms with Crippen molar-refractivity contribution in [2.75, 3.05) is 36.0 Å². The van der Waals surface area contributed by atoms with Crippen LogP contribution in [0.25, 0.3) is 11.1 Å². The number of anilines is 2. The summed E-state index contributed by atoms with van der Waals surface area (Å²) in [6, 6.07) is 8.58. The summed E-state index contributed by atoms with van der Waals surface area (Å²) in [6.07, 6.45) is 4.58. The molecule has 0 saturated carbocycles. The lowest BCUT2D eigenvalue weighted by Crippen LogP contribution is -2.38. The number of hydrogen-bond donors (Lipinski definition) is 1. The molecule has 8 nitrogen and oxygen atoms in total. The van der Waals surface area contributed by atoms with Crippen molar-refractivity contribution in [3.8, 4) is 17.0 Å². The molecular weight excluding hydrogens is 490 g/mol. The summed E-state index contributed by atoms with van der Waals surface area (Å²) in [5.41, 5.74) is 8.70. The molecule has 2 aliphatic heterocycles. The number of aryl methyl sites for hydroxylation is 2. The Hall–Kier alpha value is -3.68. The number of carbonyl (C=O) groups is 1. The molecule has 0 amide bonds. The Bertz CT molecular complexity index is 1380. The van der Waals surface area contributed by atoms with Crippen LogP contribution in [0.5, 0.6) is 5.88 Å². The first-order valence-electron chi connectivity index (χ1n) is 13.9. The fourth-order valence-corrected chi connectivity index (χ4v) is 5.90. The second kappa shape index (κ2) is 10.8. The lowest BCUT2D eigenvalue weighted by molar-refractivity contribution is -0.136. The van der Waals surface area contributed by atoms with Crippen molar-refractivity contribution in [2.45, 2.75) is 66.8 Å². The standard InChI is InChI=1S/C31H39N5O3/c1-6-39-27-17-26(32-19-33-27)36-12-9-22-15-23(7-8-24(22)18-36)29-21(3)34-20(2)25(16-28(37)38)30(29)35-13-10-31(4,5)11-14-35/h7-8,15,17,19H,6,9-14,16,18H2,1-5H3,(H,37,38). The number of benzene rings is 1. The minimum atomic E-state index is -0.823. The summed E-state index contributed by atoms with van der Waals surface area (Å²) in [5.74, 6) is 0.642. The minimum absolute atomic E-state index is 0.0239. The Morgan fingerprint density at radius 1 is 1.03 bits per heavy atom. The monoisotopic (exact) mass is 529 g/mol. The van der Waals surface area contributed by atoms with Gasteiger partial charge in [-0.2, -0.15) is 0 Å². The van der Waals surface area contributed by atoms with Crippen LogP contribution in [-0.2, 0) is 24.2 Å². The normalized spacial score (nSPS) is 16.6. The maximum absolute atomic E-state index is 11.9. The fourth-order valence-electron chi connectivity index (χ4n) is 5.90. The predicted molar refractivity (Wildman–Crippen MR) is 154 cm³/mol. The van der Waals surface area contributed by atoms with E-state index in [0.29, 0.717) is 17.9 Å². The SMILES string of the molecule is CCOc1cc(N2CCc3cc(-c4c(C)nc(C)c(CC(=O)O)c4N4CCC(C)(C)CC4)ccc3C2)ncn1. The van der Waals surface area contributed by atoms with Gasteiger partial charge in [-0.05, 0) is 62.1 Å². The summed E-state index contributed by atoms with van der Waals surface area (Å²) in [6.45, 7) is 14.6. The molecule has 0 bridgehead atoms. The summed E-state index contributed by atoms with van der Waals surface area (Å²) < 4.78 is 5.57. The van der Waals surface area contributed by atoms with Gasteiger partial charge >= 0.3 is 5.97 Å². The Morgan fingerprint density at radius 2 is 1.79 bits per heavy atom. The van der Waals surface area contributed by atoms with Crippen molar-refractivity contribution in [3.05, 3.63) is 58.7 Å². The van der Waals surface area contributed by atoms with E-state index in [1.807, 2.05) is 19.9 Å². The van der Waals surface area contributed by atoms with E-state index in [-0.39, 0.29) is 6.42 Å². The zero-order valence-corrected chi connectivity index (χ0v) is 23.8. The first-order chi connectivity index (χ1) is 18.6. The maximum Gasteiger partial charge on any atom is 0.307 e. The Kier molecular flexibility index (Phi) is 7.47. The van der Waals surface area contributed by atoms with Crippen LogP contribution >= 0.6 is 0 Å². The molecule has 4 heterocycles. The van der Waals surface area contributed by atoms with Crippen LogP contribution in [-0.4, -0.2) is 52.3 Å². The van der Waals surface area contributed by atoms with Gasteiger partial charge in [0.15, 0.2) is 0 Å². The molecule has 206 valence electrons. The van der Waals surface area contributed by atoms with Crippen LogP contribution in [0.3, 0.4) is 0 Å². The van der Waals surface area contributed by atoms with Crippen molar-refractivity contribution in [1.29, 1.82) is 0 Å². The lowest BCUT2D eigenvalue weighted by atomic mass is 9.82. The van der Waals surface area contributed by atoms with Crippen LogP contribution in [0.4, 0.5) is 11.5 Å². The third kappa shape index (κ3) is 5.70. The fraction of sp³-hybridized carbons (Fsp3) is 0.484. The van der Waals surface area contributed by atoms with E-state index in [2.05, 4.69) is 58.7 Å². The number of carboxylic acid groups (broad SMARTS) is 1. The minimum Gasteiger partial charge on any atom is -0.481 e. The van der Waals surface area contributed by atoms with E-state index in [1.54, 1.807) is 6.33 Å². The van der Waals surface area contributed by atoms with E-state index >= 15 is 0 Å². The molecule has 0 aliphatic carbocycles. The van der Waals surface area contributed by atoms with Crippen LogP contribution in [0, 0.1) is 19.3 Å². The lowest BCUT2D eigenvalue weighted by Gasteiger charge is -2.40. The van der Waals surface area contributed by atoms with Gasteiger partial charge in [-0.15, -0.1) is 0 Å². The maximum atomic E-state index is 11.9. The number of rotatable bonds is 7. The first-order valence-corrected chi connectivity index (χ1v) is 13.9. The van der Waals surface area contributed by atoms with Crippen molar-refractivity contribution >= 4 is 17.5 Å². The molecule has 0 radical (unpaired) electrons. The summed E-state index contributed by atoms with van der Waals surface area (Å²) in [7, 11) is 0. The smallest absolute Gasteiger partial charge is 0.307 e. The zero-order chi connectivity index (χ0) is 27.7. The molecule has 2 aromatic heterocycles. The number of nitrogens with zero attached hydrogens (tertiary/aromatic N) is 5. The molecule has 1 N–H and O–H groups in total. The molecule has 2 aliphatic rings. The highest BCUT2D eigenvalue weighted by molar-refractivity contribution is 5.86. The molecule has 8 heteroatoms. The molecule has 1 fully saturated rings. The molecule has 0 atom stereocenters. The third-order valence-corrected chi connectivity index (χ3v) is 8.17. The van der Waals surface area contributed by atoms with Gasteiger partial charge in [0.25, 0.3) is 0 Å². The first kappa shape index (κ1) is 26.9. The molecule has 0 unspecified atom stereocenters. The molecule has 1 aromatic carbocycles. The second-order valence-corrected chi connectivity index (χ2v) is 11.5. The van der Waals surface area contributed by atoms with Gasteiger partial charge < -0.3 is 19.6 Å².